The van der Waals surface area contributed by atoms with Crippen LogP contribution in [0.4, 0.5) is 4.79 Å². The number of carbonyl (C=O) groups is 2. The first-order valence-corrected chi connectivity index (χ1v) is 6.84. The van der Waals surface area contributed by atoms with Crippen LogP contribution in [-0.4, -0.2) is 35.1 Å². The second-order valence-corrected chi connectivity index (χ2v) is 5.22. The first kappa shape index (κ1) is 14.4. The molecule has 0 aliphatic carbocycles. The Hall–Kier alpha value is -1.98. The Morgan fingerprint density at radius 2 is 2.15 bits per heavy atom. The number of nitrogens with one attached hydrogen (secondary N) is 1. The van der Waals surface area contributed by atoms with Gasteiger partial charge in [0.05, 0.1) is 17.9 Å². The van der Waals surface area contributed by atoms with Crippen molar-refractivity contribution >= 4 is 12.0 Å². The number of piperidine rings is 1. The molecule has 1 aliphatic rings. The van der Waals surface area contributed by atoms with E-state index in [4.69, 9.17) is 4.42 Å². The Morgan fingerprint density at radius 3 is 2.65 bits per heavy atom. The molecule has 1 fully saturated rings. The van der Waals surface area contributed by atoms with E-state index < -0.39 is 11.4 Å². The van der Waals surface area contributed by atoms with Gasteiger partial charge in [0.15, 0.2) is 0 Å². The minimum absolute atomic E-state index is 0.152. The Kier molecular flexibility index (Phi) is 4.32. The lowest BCUT2D eigenvalue weighted by molar-refractivity contribution is -0.151. The Bertz CT molecular complexity index is 462. The summed E-state index contributed by atoms with van der Waals surface area (Å²) in [7, 11) is 0. The summed E-state index contributed by atoms with van der Waals surface area (Å²) in [5, 5.41) is 12.1. The molecule has 0 aromatic carbocycles. The Labute approximate surface area is 117 Å². The van der Waals surface area contributed by atoms with Crippen LogP contribution in [0.5, 0.6) is 0 Å². The first-order valence-electron chi connectivity index (χ1n) is 6.84. The molecular formula is C14H20N2O4. The van der Waals surface area contributed by atoms with Gasteiger partial charge in [0.2, 0.25) is 0 Å². The maximum Gasteiger partial charge on any atom is 0.317 e. The summed E-state index contributed by atoms with van der Waals surface area (Å²) in [6.45, 7) is 3.28. The fourth-order valence-electron chi connectivity index (χ4n) is 2.54. The molecule has 1 saturated heterocycles. The van der Waals surface area contributed by atoms with Crippen LogP contribution < -0.4 is 5.32 Å². The molecule has 2 N–H and O–H groups in total. The van der Waals surface area contributed by atoms with Crippen molar-refractivity contribution in [2.75, 3.05) is 13.1 Å². The predicted molar refractivity (Wildman–Crippen MR) is 72.1 cm³/mol. The molecule has 2 heterocycles. The number of likely N-dealkylation sites (tertiary alicyclic amines) is 1. The first-order chi connectivity index (χ1) is 9.57. The number of rotatable bonds is 4. The van der Waals surface area contributed by atoms with Gasteiger partial charge in [-0.25, -0.2) is 4.79 Å². The van der Waals surface area contributed by atoms with Gasteiger partial charge in [-0.15, -0.1) is 0 Å². The number of hydrogen-bond donors (Lipinski definition) is 2. The SMILES string of the molecule is CCC1(C(=O)O)CCN(C(=O)NCc2ccoc2)CC1. The molecular weight excluding hydrogens is 260 g/mol. The van der Waals surface area contributed by atoms with Gasteiger partial charge in [0.1, 0.15) is 0 Å². The second-order valence-electron chi connectivity index (χ2n) is 5.22. The van der Waals surface area contributed by atoms with Gasteiger partial charge in [0.25, 0.3) is 0 Å². The smallest absolute Gasteiger partial charge is 0.317 e. The lowest BCUT2D eigenvalue weighted by Crippen LogP contribution is -2.49. The minimum Gasteiger partial charge on any atom is -0.481 e. The highest BCUT2D eigenvalue weighted by Gasteiger charge is 2.40. The van der Waals surface area contributed by atoms with Crippen LogP contribution in [0.1, 0.15) is 31.7 Å². The zero-order valence-corrected chi connectivity index (χ0v) is 11.6. The molecule has 1 aromatic heterocycles. The van der Waals surface area contributed by atoms with Crippen LogP contribution >= 0.6 is 0 Å². The number of carbonyl (C=O) groups excluding carboxylic acids is 1. The number of urea groups is 1. The maximum atomic E-state index is 12.0. The van der Waals surface area contributed by atoms with E-state index in [1.54, 1.807) is 23.5 Å². The van der Waals surface area contributed by atoms with Gasteiger partial charge in [-0.2, -0.15) is 0 Å². The Balaban J connectivity index is 1.84. The van der Waals surface area contributed by atoms with Crippen molar-refractivity contribution in [2.24, 2.45) is 5.41 Å². The van der Waals surface area contributed by atoms with Crippen molar-refractivity contribution < 1.29 is 19.1 Å². The number of amides is 2. The molecule has 110 valence electrons. The third-order valence-corrected chi connectivity index (χ3v) is 4.16. The predicted octanol–water partition coefficient (Wildman–Crippen LogP) is 2.07. The van der Waals surface area contributed by atoms with Crippen molar-refractivity contribution in [3.05, 3.63) is 24.2 Å². The summed E-state index contributed by atoms with van der Waals surface area (Å²) >= 11 is 0. The highest BCUT2D eigenvalue weighted by atomic mass is 16.4. The molecule has 0 unspecified atom stereocenters. The Morgan fingerprint density at radius 1 is 1.45 bits per heavy atom. The third-order valence-electron chi connectivity index (χ3n) is 4.16. The summed E-state index contributed by atoms with van der Waals surface area (Å²) in [6.07, 6.45) is 4.77. The molecule has 2 amide bonds. The van der Waals surface area contributed by atoms with Crippen LogP contribution in [0.2, 0.25) is 0 Å². The largest absolute Gasteiger partial charge is 0.481 e. The summed E-state index contributed by atoms with van der Waals surface area (Å²) in [6, 6.07) is 1.64. The molecule has 0 atom stereocenters. The molecule has 1 aliphatic heterocycles. The number of hydrogen-bond acceptors (Lipinski definition) is 3. The number of carboxylic acids is 1. The maximum absolute atomic E-state index is 12.0. The van der Waals surface area contributed by atoms with Crippen LogP contribution in [0.25, 0.3) is 0 Å². The lowest BCUT2D eigenvalue weighted by Gasteiger charge is -2.38. The molecule has 6 nitrogen and oxygen atoms in total. The molecule has 2 rings (SSSR count). The van der Waals surface area contributed by atoms with Crippen LogP contribution in [0.15, 0.2) is 23.0 Å². The fourth-order valence-corrected chi connectivity index (χ4v) is 2.54. The summed E-state index contributed by atoms with van der Waals surface area (Å²) in [4.78, 5) is 25.0. The van der Waals surface area contributed by atoms with Crippen molar-refractivity contribution in [3.63, 3.8) is 0 Å². The number of furan rings is 1. The van der Waals surface area contributed by atoms with Gasteiger partial charge in [-0.1, -0.05) is 6.92 Å². The standard InChI is InChI=1S/C14H20N2O4/c1-2-14(12(17)18)4-6-16(7-5-14)13(19)15-9-11-3-8-20-10-11/h3,8,10H,2,4-7,9H2,1H3,(H,15,19)(H,17,18). The van der Waals surface area contributed by atoms with Gasteiger partial charge in [-0.05, 0) is 25.3 Å². The van der Waals surface area contributed by atoms with E-state index in [0.29, 0.717) is 38.9 Å². The van der Waals surface area contributed by atoms with Gasteiger partial charge < -0.3 is 19.7 Å². The molecule has 20 heavy (non-hydrogen) atoms. The van der Waals surface area contributed by atoms with Crippen molar-refractivity contribution in [2.45, 2.75) is 32.7 Å². The monoisotopic (exact) mass is 280 g/mol. The normalized spacial score (nSPS) is 17.8. The summed E-state index contributed by atoms with van der Waals surface area (Å²) in [5.41, 5.74) is 0.241. The molecule has 0 radical (unpaired) electrons. The van der Waals surface area contributed by atoms with Crippen molar-refractivity contribution in [1.82, 2.24) is 10.2 Å². The van der Waals surface area contributed by atoms with E-state index >= 15 is 0 Å². The zero-order chi connectivity index (χ0) is 14.6. The molecule has 1 aromatic rings. The third kappa shape index (κ3) is 2.95. The van der Waals surface area contributed by atoms with Crippen molar-refractivity contribution in [1.29, 1.82) is 0 Å². The van der Waals surface area contributed by atoms with E-state index in [2.05, 4.69) is 5.32 Å². The van der Waals surface area contributed by atoms with E-state index in [1.807, 2.05) is 6.92 Å². The quantitative estimate of drug-likeness (QED) is 0.884. The molecule has 0 spiro atoms. The van der Waals surface area contributed by atoms with Gasteiger partial charge in [-0.3, -0.25) is 4.79 Å². The van der Waals surface area contributed by atoms with E-state index in [-0.39, 0.29) is 6.03 Å². The highest BCUT2D eigenvalue weighted by molar-refractivity contribution is 5.77. The topological polar surface area (TPSA) is 82.8 Å². The van der Waals surface area contributed by atoms with Crippen LogP contribution in [-0.2, 0) is 11.3 Å². The van der Waals surface area contributed by atoms with Gasteiger partial charge >= 0.3 is 12.0 Å². The number of aliphatic carboxylic acids is 1. The number of nitrogens with zero attached hydrogens (tertiary/aromatic N) is 1. The van der Waals surface area contributed by atoms with Gasteiger partial charge in [0, 0.05) is 25.2 Å². The lowest BCUT2D eigenvalue weighted by atomic mass is 9.76. The summed E-state index contributed by atoms with van der Waals surface area (Å²) in [5.74, 6) is -0.751. The molecule has 0 bridgehead atoms. The van der Waals surface area contributed by atoms with E-state index in [0.717, 1.165) is 5.56 Å². The van der Waals surface area contributed by atoms with Crippen molar-refractivity contribution in [3.8, 4) is 0 Å². The number of carboxylic acid groups (broad SMARTS) is 1. The second kappa shape index (κ2) is 5.98. The highest BCUT2D eigenvalue weighted by Crippen LogP contribution is 2.35. The van der Waals surface area contributed by atoms with E-state index in [1.165, 1.54) is 0 Å². The van der Waals surface area contributed by atoms with E-state index in [9.17, 15) is 14.7 Å². The summed E-state index contributed by atoms with van der Waals surface area (Å²) < 4.78 is 4.93. The van der Waals surface area contributed by atoms with Crippen LogP contribution in [0, 0.1) is 5.41 Å². The molecule has 0 saturated carbocycles. The average Bonchev–Trinajstić information content (AvgIpc) is 2.98. The molecule has 6 heteroatoms. The average molecular weight is 280 g/mol. The van der Waals surface area contributed by atoms with Crippen LogP contribution in [0.3, 0.4) is 0 Å². The zero-order valence-electron chi connectivity index (χ0n) is 11.6. The minimum atomic E-state index is -0.751. The fraction of sp³-hybridized carbons (Fsp3) is 0.571.